The van der Waals surface area contributed by atoms with E-state index < -0.39 is 11.7 Å². The summed E-state index contributed by atoms with van der Waals surface area (Å²) < 4.78 is 45.6. The third kappa shape index (κ3) is 3.40. The lowest BCUT2D eigenvalue weighted by atomic mass is 10.1. The molecule has 1 heterocycles. The fourth-order valence-electron chi connectivity index (χ4n) is 2.32. The van der Waals surface area contributed by atoms with Crippen LogP contribution in [0.2, 0.25) is 0 Å². The molecule has 1 aromatic carbocycles. The van der Waals surface area contributed by atoms with Gasteiger partial charge < -0.3 is 4.74 Å². The predicted molar refractivity (Wildman–Crippen MR) is 88.3 cm³/mol. The Balaban J connectivity index is 2.51. The van der Waals surface area contributed by atoms with Crippen molar-refractivity contribution < 1.29 is 17.9 Å². The molecule has 0 atom stereocenters. The van der Waals surface area contributed by atoms with E-state index in [2.05, 4.69) is 34.6 Å². The maximum atomic E-state index is 13.2. The van der Waals surface area contributed by atoms with Crippen LogP contribution in [0.3, 0.4) is 0 Å². The van der Waals surface area contributed by atoms with E-state index in [0.717, 1.165) is 14.7 Å². The monoisotopic (exact) mass is 424 g/mol. The molecule has 0 spiro atoms. The first-order valence-electron chi connectivity index (χ1n) is 6.60. The molecule has 0 bridgehead atoms. The van der Waals surface area contributed by atoms with Crippen LogP contribution in [0.15, 0.2) is 36.2 Å². The third-order valence-electron chi connectivity index (χ3n) is 3.18. The minimum Gasteiger partial charge on any atom is -0.473 e. The Morgan fingerprint density at radius 2 is 2.09 bits per heavy atom. The number of aryl methyl sites for hydroxylation is 2. The van der Waals surface area contributed by atoms with Gasteiger partial charge in [0.2, 0.25) is 5.88 Å². The average molecular weight is 424 g/mol. The van der Waals surface area contributed by atoms with Crippen LogP contribution in [0.25, 0.3) is 0 Å². The fourth-order valence-corrected chi connectivity index (χ4v) is 3.48. The van der Waals surface area contributed by atoms with Gasteiger partial charge in [0.25, 0.3) is 0 Å². The zero-order chi connectivity index (χ0) is 16.5. The number of nitrogens with zero attached hydrogens (tertiary/aromatic N) is 1. The van der Waals surface area contributed by atoms with Gasteiger partial charge in [0.1, 0.15) is 12.2 Å². The zero-order valence-electron chi connectivity index (χ0n) is 12.2. The van der Waals surface area contributed by atoms with Crippen molar-refractivity contribution in [3.63, 3.8) is 0 Å². The lowest BCUT2D eigenvalue weighted by Gasteiger charge is -2.25. The largest absolute Gasteiger partial charge is 0.473 e. The van der Waals surface area contributed by atoms with Gasteiger partial charge in [0.15, 0.2) is 0 Å². The van der Waals surface area contributed by atoms with Crippen molar-refractivity contribution in [3.8, 4) is 0 Å². The number of alkyl halides is 3. The van der Waals surface area contributed by atoms with Gasteiger partial charge in [-0.3, -0.25) is 0 Å². The Hall–Kier alpha value is -1.22. The highest BCUT2D eigenvalue weighted by Gasteiger charge is 2.43. The van der Waals surface area contributed by atoms with E-state index in [1.54, 1.807) is 0 Å². The maximum Gasteiger partial charge on any atom is 0.419 e. The van der Waals surface area contributed by atoms with Crippen LogP contribution in [-0.2, 0) is 4.74 Å². The van der Waals surface area contributed by atoms with Gasteiger partial charge in [0, 0.05) is 3.57 Å². The molecule has 0 radical (unpaired) electrons. The summed E-state index contributed by atoms with van der Waals surface area (Å²) in [6.45, 7) is 6.98. The number of halogens is 4. The molecule has 7 heteroatoms. The number of hydrogen-bond acceptors (Lipinski definition) is 3. The van der Waals surface area contributed by atoms with Gasteiger partial charge in [-0.05, 0) is 53.6 Å². The van der Waals surface area contributed by atoms with Crippen LogP contribution in [-0.4, -0.2) is 19.3 Å². The molecule has 0 fully saturated rings. The second-order valence-electron chi connectivity index (χ2n) is 4.96. The summed E-state index contributed by atoms with van der Waals surface area (Å²) in [6, 6.07) is 3.84. The number of hydrazine groups is 1. The van der Waals surface area contributed by atoms with Crippen LogP contribution >= 0.6 is 22.6 Å². The summed E-state index contributed by atoms with van der Waals surface area (Å²) in [5, 5.41) is 1.38. The Labute approximate surface area is 140 Å². The summed E-state index contributed by atoms with van der Waals surface area (Å²) in [7, 11) is 0. The van der Waals surface area contributed by atoms with Gasteiger partial charge in [-0.15, -0.1) is 0 Å². The number of anilines is 1. The van der Waals surface area contributed by atoms with Crippen LogP contribution in [0.4, 0.5) is 18.9 Å². The molecule has 22 heavy (non-hydrogen) atoms. The number of hydrogen-bond donors (Lipinski definition) is 1. The van der Waals surface area contributed by atoms with Gasteiger partial charge >= 0.3 is 6.18 Å². The molecule has 0 aliphatic carbocycles. The van der Waals surface area contributed by atoms with E-state index in [1.165, 1.54) is 11.1 Å². The number of benzene rings is 1. The quantitative estimate of drug-likeness (QED) is 0.579. The molecule has 1 N–H and O–H groups in total. The van der Waals surface area contributed by atoms with E-state index in [0.29, 0.717) is 5.69 Å². The first kappa shape index (κ1) is 17.1. The number of rotatable bonds is 4. The van der Waals surface area contributed by atoms with Crippen molar-refractivity contribution >= 4 is 28.3 Å². The van der Waals surface area contributed by atoms with E-state index in [9.17, 15) is 13.2 Å². The molecule has 1 aliphatic rings. The summed E-state index contributed by atoms with van der Waals surface area (Å²) in [5.74, 6) is -0.211. The van der Waals surface area contributed by atoms with Crippen LogP contribution < -0.4 is 10.4 Å². The molecular weight excluding hydrogens is 408 g/mol. The molecule has 0 saturated heterocycles. The second-order valence-corrected chi connectivity index (χ2v) is 6.13. The third-order valence-corrected chi connectivity index (χ3v) is 4.00. The molecule has 120 valence electrons. The van der Waals surface area contributed by atoms with Crippen molar-refractivity contribution in [2.45, 2.75) is 20.0 Å². The van der Waals surface area contributed by atoms with Crippen molar-refractivity contribution in [3.05, 3.63) is 50.9 Å². The lowest BCUT2D eigenvalue weighted by Crippen LogP contribution is -2.34. The Morgan fingerprint density at radius 1 is 1.41 bits per heavy atom. The topological polar surface area (TPSA) is 24.5 Å². The Bertz CT molecular complexity index is 603. The molecule has 1 aromatic rings. The predicted octanol–water partition coefficient (Wildman–Crippen LogP) is 4.21. The standard InChI is InChI=1S/C15H16F3IN2O/c1-4-5-22-14-11(15(16,17)18)8-20-21(14)13-10(3)6-9(2)7-12(13)19/h4,6-7,20H,1,5,8H2,2-3H3. The smallest absolute Gasteiger partial charge is 0.419 e. The van der Waals surface area contributed by atoms with Crippen LogP contribution in [0.5, 0.6) is 0 Å². The highest BCUT2D eigenvalue weighted by Crippen LogP contribution is 2.37. The number of nitrogens with one attached hydrogen (secondary N) is 1. The van der Waals surface area contributed by atoms with Gasteiger partial charge in [0.05, 0.1) is 12.2 Å². The normalized spacial score (nSPS) is 15.5. The van der Waals surface area contributed by atoms with E-state index in [4.69, 9.17) is 4.74 Å². The van der Waals surface area contributed by atoms with Crippen molar-refractivity contribution in [2.75, 3.05) is 18.2 Å². The SMILES string of the molecule is C=CCOC1=C(C(F)(F)F)CNN1c1c(C)cc(C)cc1I. The maximum absolute atomic E-state index is 13.2. The first-order valence-corrected chi connectivity index (χ1v) is 7.68. The van der Waals surface area contributed by atoms with Gasteiger partial charge in [-0.2, -0.15) is 13.2 Å². The summed E-state index contributed by atoms with van der Waals surface area (Å²) in [5.41, 5.74) is 4.65. The Kier molecular flexibility index (Phi) is 5.06. The molecule has 3 nitrogen and oxygen atoms in total. The average Bonchev–Trinajstić information content (AvgIpc) is 2.78. The summed E-state index contributed by atoms with van der Waals surface area (Å²) in [4.78, 5) is 0. The Morgan fingerprint density at radius 3 is 2.64 bits per heavy atom. The van der Waals surface area contributed by atoms with Crippen LogP contribution in [0.1, 0.15) is 11.1 Å². The molecule has 2 rings (SSSR count). The van der Waals surface area contributed by atoms with E-state index in [-0.39, 0.29) is 19.0 Å². The first-order chi connectivity index (χ1) is 10.3. The molecule has 0 saturated carbocycles. The van der Waals surface area contributed by atoms with Crippen molar-refractivity contribution in [2.24, 2.45) is 0 Å². The summed E-state index contributed by atoms with van der Waals surface area (Å²) >= 11 is 2.12. The molecule has 0 unspecified atom stereocenters. The van der Waals surface area contributed by atoms with Crippen molar-refractivity contribution in [1.82, 2.24) is 5.43 Å². The molecule has 0 amide bonds. The molecule has 1 aliphatic heterocycles. The number of ether oxygens (including phenoxy) is 1. The van der Waals surface area contributed by atoms with Crippen LogP contribution in [0, 0.1) is 17.4 Å². The summed E-state index contributed by atoms with van der Waals surface area (Å²) in [6.07, 6.45) is -3.02. The lowest BCUT2D eigenvalue weighted by molar-refractivity contribution is -0.0946. The zero-order valence-corrected chi connectivity index (χ0v) is 14.4. The van der Waals surface area contributed by atoms with Gasteiger partial charge in [-0.25, -0.2) is 10.4 Å². The van der Waals surface area contributed by atoms with Crippen molar-refractivity contribution in [1.29, 1.82) is 0 Å². The fraction of sp³-hybridized carbons (Fsp3) is 0.333. The minimum atomic E-state index is -4.44. The van der Waals surface area contributed by atoms with E-state index >= 15 is 0 Å². The highest BCUT2D eigenvalue weighted by atomic mass is 127. The second kappa shape index (κ2) is 6.49. The molecule has 0 aromatic heterocycles. The highest BCUT2D eigenvalue weighted by molar-refractivity contribution is 14.1. The molecular formula is C15H16F3IN2O. The van der Waals surface area contributed by atoms with E-state index in [1.807, 2.05) is 26.0 Å². The van der Waals surface area contributed by atoms with Gasteiger partial charge in [-0.1, -0.05) is 18.7 Å². The minimum absolute atomic E-state index is 0.00851.